The largest absolute Gasteiger partial charge is 0.324 e. The van der Waals surface area contributed by atoms with E-state index in [0.717, 1.165) is 26.0 Å². The molecule has 0 heterocycles. The summed E-state index contributed by atoms with van der Waals surface area (Å²) in [7, 11) is -4.60. The second kappa shape index (κ2) is 8.52. The minimum Gasteiger partial charge on any atom is -0.324 e. The molecule has 0 bridgehead atoms. The van der Waals surface area contributed by atoms with E-state index in [-0.39, 0.29) is 10.6 Å². The van der Waals surface area contributed by atoms with Crippen LogP contribution in [0.4, 0.5) is 11.4 Å². The first-order valence-electron chi connectivity index (χ1n) is 8.69. The van der Waals surface area contributed by atoms with Crippen LogP contribution in [0.3, 0.4) is 0 Å². The van der Waals surface area contributed by atoms with E-state index in [1.54, 1.807) is 12.1 Å². The van der Waals surface area contributed by atoms with E-state index < -0.39 is 32.5 Å². The first-order chi connectivity index (χ1) is 13.3. The molecule has 0 aromatic heterocycles. The Morgan fingerprint density at radius 3 is 1.90 bits per heavy atom. The first-order valence-corrected chi connectivity index (χ1v) is 12.0. The summed E-state index contributed by atoms with van der Waals surface area (Å²) in [5.41, 5.74) is 2.71. The molecule has 158 valence electrons. The van der Waals surface area contributed by atoms with Crippen LogP contribution in [-0.4, -0.2) is 53.9 Å². The summed E-state index contributed by atoms with van der Waals surface area (Å²) in [5, 5.41) is 2.70. The third-order valence-electron chi connectivity index (χ3n) is 4.10. The lowest BCUT2D eigenvalue weighted by Crippen LogP contribution is -2.37. The number of hydrogen-bond acceptors (Lipinski definition) is 5. The zero-order chi connectivity index (χ0) is 22.0. The fourth-order valence-electron chi connectivity index (χ4n) is 2.77. The standard InChI is InChI=1S/C19H25N3O5S2/c1-14-10-15(2)12-16(11-14)20-19(23)13-22(28(5,24)25)17-6-8-18(9-7-17)29(26,27)21(3)4/h6-12H,13H2,1-5H3,(H,20,23). The maximum atomic E-state index is 12.5. The number of aryl methyl sites for hydroxylation is 2. The second-order valence-corrected chi connectivity index (χ2v) is 11.0. The molecule has 29 heavy (non-hydrogen) atoms. The number of sulfonamides is 2. The Labute approximate surface area is 172 Å². The van der Waals surface area contributed by atoms with Crippen molar-refractivity contribution in [2.75, 3.05) is 36.5 Å². The second-order valence-electron chi connectivity index (χ2n) is 6.98. The van der Waals surface area contributed by atoms with Gasteiger partial charge >= 0.3 is 0 Å². The molecule has 0 aliphatic heterocycles. The molecular weight excluding hydrogens is 414 g/mol. The predicted octanol–water partition coefficient (Wildman–Crippen LogP) is 1.96. The third-order valence-corrected chi connectivity index (χ3v) is 7.07. The molecule has 8 nitrogen and oxygen atoms in total. The van der Waals surface area contributed by atoms with Crippen LogP contribution in [0.15, 0.2) is 47.4 Å². The number of benzene rings is 2. The molecule has 0 aliphatic rings. The average Bonchev–Trinajstić information content (AvgIpc) is 2.57. The van der Waals surface area contributed by atoms with Gasteiger partial charge in [0.1, 0.15) is 6.54 Å². The average molecular weight is 440 g/mol. The van der Waals surface area contributed by atoms with Crippen molar-refractivity contribution in [1.29, 1.82) is 0 Å². The third kappa shape index (κ3) is 5.78. The minimum atomic E-state index is -3.77. The van der Waals surface area contributed by atoms with Gasteiger partial charge in [0, 0.05) is 19.8 Å². The Morgan fingerprint density at radius 2 is 1.45 bits per heavy atom. The smallest absolute Gasteiger partial charge is 0.245 e. The van der Waals surface area contributed by atoms with Gasteiger partial charge in [0.15, 0.2) is 0 Å². The van der Waals surface area contributed by atoms with Crippen LogP contribution >= 0.6 is 0 Å². The molecule has 0 aliphatic carbocycles. The molecule has 0 unspecified atom stereocenters. The van der Waals surface area contributed by atoms with Gasteiger partial charge in [0.05, 0.1) is 16.8 Å². The highest BCUT2D eigenvalue weighted by Crippen LogP contribution is 2.22. The Hall–Kier alpha value is -2.43. The number of amides is 1. The van der Waals surface area contributed by atoms with Gasteiger partial charge in [-0.05, 0) is 61.4 Å². The van der Waals surface area contributed by atoms with Gasteiger partial charge in [-0.25, -0.2) is 21.1 Å². The van der Waals surface area contributed by atoms with Crippen molar-refractivity contribution in [2.45, 2.75) is 18.7 Å². The van der Waals surface area contributed by atoms with Gasteiger partial charge < -0.3 is 5.32 Å². The molecule has 2 aromatic rings. The fraction of sp³-hybridized carbons (Fsp3) is 0.316. The molecule has 2 aromatic carbocycles. The van der Waals surface area contributed by atoms with Crippen molar-refractivity contribution in [3.63, 3.8) is 0 Å². The summed E-state index contributed by atoms with van der Waals surface area (Å²) in [6, 6.07) is 10.9. The number of anilines is 2. The van der Waals surface area contributed by atoms with E-state index in [1.807, 2.05) is 19.9 Å². The highest BCUT2D eigenvalue weighted by atomic mass is 32.2. The van der Waals surface area contributed by atoms with Crippen molar-refractivity contribution >= 4 is 37.3 Å². The van der Waals surface area contributed by atoms with Crippen molar-refractivity contribution < 1.29 is 21.6 Å². The van der Waals surface area contributed by atoms with E-state index in [4.69, 9.17) is 0 Å². The molecule has 0 atom stereocenters. The van der Waals surface area contributed by atoms with Crippen LogP contribution in [0, 0.1) is 13.8 Å². The van der Waals surface area contributed by atoms with Crippen LogP contribution in [0.25, 0.3) is 0 Å². The van der Waals surface area contributed by atoms with E-state index >= 15 is 0 Å². The maximum Gasteiger partial charge on any atom is 0.245 e. The normalized spacial score (nSPS) is 12.1. The number of hydrogen-bond donors (Lipinski definition) is 1. The van der Waals surface area contributed by atoms with Gasteiger partial charge in [-0.2, -0.15) is 0 Å². The van der Waals surface area contributed by atoms with Gasteiger partial charge in [0.2, 0.25) is 26.0 Å². The summed E-state index contributed by atoms with van der Waals surface area (Å²) in [4.78, 5) is 12.5. The first kappa shape index (κ1) is 22.9. The SMILES string of the molecule is Cc1cc(C)cc(NC(=O)CN(c2ccc(S(=O)(=O)N(C)C)cc2)S(C)(=O)=O)c1. The van der Waals surface area contributed by atoms with Gasteiger partial charge in [-0.1, -0.05) is 6.07 Å². The summed E-state index contributed by atoms with van der Waals surface area (Å²) in [6.07, 6.45) is 0.988. The maximum absolute atomic E-state index is 12.5. The van der Waals surface area contributed by atoms with Crippen LogP contribution < -0.4 is 9.62 Å². The highest BCUT2D eigenvalue weighted by Gasteiger charge is 2.23. The molecule has 0 spiro atoms. The summed E-state index contributed by atoms with van der Waals surface area (Å²) >= 11 is 0. The van der Waals surface area contributed by atoms with E-state index in [2.05, 4.69) is 5.32 Å². The summed E-state index contributed by atoms with van der Waals surface area (Å²) in [6.45, 7) is 3.36. The topological polar surface area (TPSA) is 104 Å². The van der Waals surface area contributed by atoms with E-state index in [9.17, 15) is 21.6 Å². The van der Waals surface area contributed by atoms with Gasteiger partial charge in [0.25, 0.3) is 0 Å². The fourth-order valence-corrected chi connectivity index (χ4v) is 4.53. The molecule has 10 heteroatoms. The van der Waals surface area contributed by atoms with Crippen LogP contribution in [0.5, 0.6) is 0 Å². The number of carbonyl (C=O) groups is 1. The lowest BCUT2D eigenvalue weighted by atomic mass is 10.1. The van der Waals surface area contributed by atoms with Crippen molar-refractivity contribution in [3.8, 4) is 0 Å². The molecule has 1 N–H and O–H groups in total. The molecule has 0 saturated carbocycles. The van der Waals surface area contributed by atoms with Crippen molar-refractivity contribution in [1.82, 2.24) is 4.31 Å². The Kier molecular flexibility index (Phi) is 6.71. The lowest BCUT2D eigenvalue weighted by Gasteiger charge is -2.22. The molecule has 0 radical (unpaired) electrons. The Bertz CT molecular complexity index is 1090. The van der Waals surface area contributed by atoms with Gasteiger partial charge in [-0.15, -0.1) is 0 Å². The zero-order valence-corrected chi connectivity index (χ0v) is 18.6. The number of rotatable bonds is 7. The number of nitrogens with zero attached hydrogens (tertiary/aromatic N) is 2. The Morgan fingerprint density at radius 1 is 0.931 bits per heavy atom. The van der Waals surface area contributed by atoms with Crippen LogP contribution in [0.2, 0.25) is 0 Å². The highest BCUT2D eigenvalue weighted by molar-refractivity contribution is 7.92. The summed E-state index contributed by atoms with van der Waals surface area (Å²) < 4.78 is 50.8. The molecule has 0 saturated heterocycles. The number of carbonyl (C=O) groups excluding carboxylic acids is 1. The zero-order valence-electron chi connectivity index (χ0n) is 17.0. The molecule has 0 fully saturated rings. The lowest BCUT2D eigenvalue weighted by molar-refractivity contribution is -0.114. The van der Waals surface area contributed by atoms with E-state index in [1.165, 1.54) is 38.4 Å². The van der Waals surface area contributed by atoms with E-state index in [0.29, 0.717) is 5.69 Å². The summed E-state index contributed by atoms with van der Waals surface area (Å²) in [5.74, 6) is -0.509. The quantitative estimate of drug-likeness (QED) is 0.710. The molecule has 1 amide bonds. The number of nitrogens with one attached hydrogen (secondary N) is 1. The minimum absolute atomic E-state index is 0.0272. The monoisotopic (exact) mass is 439 g/mol. The predicted molar refractivity (Wildman–Crippen MR) is 114 cm³/mol. The van der Waals surface area contributed by atoms with Crippen molar-refractivity contribution in [2.24, 2.45) is 0 Å². The van der Waals surface area contributed by atoms with Crippen LogP contribution in [-0.2, 0) is 24.8 Å². The molecule has 2 rings (SSSR count). The molecular formula is C19H25N3O5S2. The Balaban J connectivity index is 2.27. The van der Waals surface area contributed by atoms with Gasteiger partial charge in [-0.3, -0.25) is 9.10 Å². The van der Waals surface area contributed by atoms with Crippen LogP contribution in [0.1, 0.15) is 11.1 Å². The van der Waals surface area contributed by atoms with Crippen molar-refractivity contribution in [3.05, 3.63) is 53.6 Å².